The quantitative estimate of drug-likeness (QED) is 0.900. The van der Waals surface area contributed by atoms with Gasteiger partial charge in [0.05, 0.1) is 0 Å². The first-order valence-corrected chi connectivity index (χ1v) is 7.94. The number of rotatable bonds is 3. The van der Waals surface area contributed by atoms with Gasteiger partial charge in [0.1, 0.15) is 0 Å². The molecule has 6 heteroatoms. The van der Waals surface area contributed by atoms with Crippen LogP contribution >= 0.6 is 24.8 Å². The van der Waals surface area contributed by atoms with Crippen molar-refractivity contribution in [3.05, 3.63) is 29.3 Å². The molecule has 1 N–H and O–H groups in total. The number of amides is 1. The van der Waals surface area contributed by atoms with Crippen molar-refractivity contribution in [1.29, 1.82) is 0 Å². The molecule has 4 nitrogen and oxygen atoms in total. The van der Waals surface area contributed by atoms with E-state index in [0.29, 0.717) is 0 Å². The summed E-state index contributed by atoms with van der Waals surface area (Å²) in [4.78, 5) is 16.9. The van der Waals surface area contributed by atoms with Crippen molar-refractivity contribution < 1.29 is 4.79 Å². The molecule has 1 amide bonds. The molecule has 0 atom stereocenters. The molecule has 23 heavy (non-hydrogen) atoms. The number of hydrogen-bond acceptors (Lipinski definition) is 3. The van der Waals surface area contributed by atoms with Crippen molar-refractivity contribution in [2.24, 2.45) is 5.92 Å². The Kier molecular flexibility index (Phi) is 7.65. The topological polar surface area (TPSA) is 35.6 Å². The number of halogens is 2. The standard InChI is InChI=1S/C17H25N3O.2ClH/c1-19(2)12-13-6-9-20(10-7-13)17(21)15-3-4-16-14(11-15)5-8-18-16;;/h3-4,11,13,18H,5-10,12H2,1-2H3;2*1H. The Balaban J connectivity index is 0.00000132. The van der Waals surface area contributed by atoms with Gasteiger partial charge in [-0.15, -0.1) is 24.8 Å². The summed E-state index contributed by atoms with van der Waals surface area (Å²) in [5.74, 6) is 0.932. The summed E-state index contributed by atoms with van der Waals surface area (Å²) in [7, 11) is 4.24. The van der Waals surface area contributed by atoms with Crippen molar-refractivity contribution in [3.63, 3.8) is 0 Å². The summed E-state index contributed by atoms with van der Waals surface area (Å²) in [5, 5.41) is 3.34. The number of benzene rings is 1. The van der Waals surface area contributed by atoms with Crippen molar-refractivity contribution in [2.75, 3.05) is 45.6 Å². The zero-order chi connectivity index (χ0) is 14.8. The smallest absolute Gasteiger partial charge is 0.253 e. The first-order chi connectivity index (χ1) is 10.1. The number of anilines is 1. The lowest BCUT2D eigenvalue weighted by atomic mass is 9.95. The third-order valence-electron chi connectivity index (χ3n) is 4.59. The number of hydrogen-bond donors (Lipinski definition) is 1. The minimum absolute atomic E-state index is 0. The Bertz CT molecular complexity index is 529. The van der Waals surface area contributed by atoms with E-state index < -0.39 is 0 Å². The Morgan fingerprint density at radius 1 is 1.26 bits per heavy atom. The molecule has 1 aromatic carbocycles. The van der Waals surface area contributed by atoms with Gasteiger partial charge in [-0.2, -0.15) is 0 Å². The molecule has 2 heterocycles. The summed E-state index contributed by atoms with van der Waals surface area (Å²) in [6, 6.07) is 6.09. The monoisotopic (exact) mass is 359 g/mol. The summed E-state index contributed by atoms with van der Waals surface area (Å²) >= 11 is 0. The number of piperidine rings is 1. The summed E-state index contributed by atoms with van der Waals surface area (Å²) in [5.41, 5.74) is 3.32. The van der Waals surface area contributed by atoms with Gasteiger partial charge in [-0.25, -0.2) is 0 Å². The predicted octanol–water partition coefficient (Wildman–Crippen LogP) is 2.91. The van der Waals surface area contributed by atoms with E-state index in [1.54, 1.807) is 0 Å². The van der Waals surface area contributed by atoms with E-state index in [1.807, 2.05) is 17.0 Å². The van der Waals surface area contributed by atoms with Crippen molar-refractivity contribution in [1.82, 2.24) is 9.80 Å². The molecule has 0 saturated carbocycles. The molecule has 0 radical (unpaired) electrons. The molecule has 2 aliphatic rings. The van der Waals surface area contributed by atoms with Gasteiger partial charge in [0.2, 0.25) is 0 Å². The second-order valence-corrected chi connectivity index (χ2v) is 6.55. The molecule has 1 aromatic rings. The largest absolute Gasteiger partial charge is 0.384 e. The first kappa shape index (κ1) is 20.1. The van der Waals surface area contributed by atoms with Crippen LogP contribution in [0.4, 0.5) is 5.69 Å². The van der Waals surface area contributed by atoms with E-state index >= 15 is 0 Å². The third kappa shape index (κ3) is 4.75. The average molecular weight is 360 g/mol. The highest BCUT2D eigenvalue weighted by molar-refractivity contribution is 5.95. The fourth-order valence-electron chi connectivity index (χ4n) is 3.46. The van der Waals surface area contributed by atoms with Crippen molar-refractivity contribution >= 4 is 36.4 Å². The molecule has 0 unspecified atom stereocenters. The van der Waals surface area contributed by atoms with Crippen molar-refractivity contribution in [3.8, 4) is 0 Å². The molecule has 0 aliphatic carbocycles. The molecule has 1 fully saturated rings. The summed E-state index contributed by atoms with van der Waals surface area (Å²) in [6.45, 7) is 3.91. The van der Waals surface area contributed by atoms with Crippen LogP contribution in [0, 0.1) is 5.92 Å². The van der Waals surface area contributed by atoms with Gasteiger partial charge < -0.3 is 15.1 Å². The molecule has 0 bridgehead atoms. The highest BCUT2D eigenvalue weighted by Crippen LogP contribution is 2.25. The molecule has 0 aromatic heterocycles. The van der Waals surface area contributed by atoms with Crippen LogP contribution in [0.3, 0.4) is 0 Å². The predicted molar refractivity (Wildman–Crippen MR) is 100 cm³/mol. The van der Waals surface area contributed by atoms with Gasteiger partial charge in [-0.05, 0) is 63.0 Å². The number of nitrogens with one attached hydrogen (secondary N) is 1. The van der Waals surface area contributed by atoms with E-state index in [2.05, 4.69) is 30.4 Å². The van der Waals surface area contributed by atoms with Crippen LogP contribution in [0.25, 0.3) is 0 Å². The molecular formula is C17H27Cl2N3O. The maximum Gasteiger partial charge on any atom is 0.253 e. The summed E-state index contributed by atoms with van der Waals surface area (Å²) < 4.78 is 0. The number of likely N-dealkylation sites (tertiary alicyclic amines) is 1. The van der Waals surface area contributed by atoms with Gasteiger partial charge in [0, 0.05) is 37.4 Å². The Morgan fingerprint density at radius 3 is 2.61 bits per heavy atom. The number of fused-ring (bicyclic) bond motifs is 1. The van der Waals surface area contributed by atoms with Crippen LogP contribution < -0.4 is 5.32 Å². The van der Waals surface area contributed by atoms with Gasteiger partial charge in [0.25, 0.3) is 5.91 Å². The SMILES string of the molecule is CN(C)CC1CCN(C(=O)c2ccc3c(c2)CCN3)CC1.Cl.Cl. The third-order valence-corrected chi connectivity index (χ3v) is 4.59. The maximum atomic E-state index is 12.6. The minimum atomic E-state index is 0. The average Bonchev–Trinajstić information content (AvgIpc) is 2.94. The Morgan fingerprint density at radius 2 is 1.96 bits per heavy atom. The fraction of sp³-hybridized carbons (Fsp3) is 0.588. The van der Waals surface area contributed by atoms with Crippen LogP contribution in [0.1, 0.15) is 28.8 Å². The zero-order valence-corrected chi connectivity index (χ0v) is 15.5. The second-order valence-electron chi connectivity index (χ2n) is 6.55. The highest BCUT2D eigenvalue weighted by atomic mass is 35.5. The van der Waals surface area contributed by atoms with Crippen LogP contribution in [0.2, 0.25) is 0 Å². The highest BCUT2D eigenvalue weighted by Gasteiger charge is 2.24. The summed E-state index contributed by atoms with van der Waals surface area (Å²) in [6.07, 6.45) is 3.27. The van der Waals surface area contributed by atoms with E-state index in [1.165, 1.54) is 11.3 Å². The van der Waals surface area contributed by atoms with Gasteiger partial charge in [-0.3, -0.25) is 4.79 Å². The van der Waals surface area contributed by atoms with Gasteiger partial charge in [0.15, 0.2) is 0 Å². The number of carbonyl (C=O) groups excluding carboxylic acids is 1. The van der Waals surface area contributed by atoms with Crippen LogP contribution in [0.15, 0.2) is 18.2 Å². The van der Waals surface area contributed by atoms with Crippen LogP contribution in [-0.4, -0.2) is 56.0 Å². The van der Waals surface area contributed by atoms with E-state index in [-0.39, 0.29) is 30.7 Å². The fourth-order valence-corrected chi connectivity index (χ4v) is 3.46. The number of nitrogens with zero attached hydrogens (tertiary/aromatic N) is 2. The first-order valence-electron chi connectivity index (χ1n) is 7.94. The lowest BCUT2D eigenvalue weighted by Crippen LogP contribution is -2.40. The zero-order valence-electron chi connectivity index (χ0n) is 13.9. The lowest BCUT2D eigenvalue weighted by Gasteiger charge is -2.33. The van der Waals surface area contributed by atoms with E-state index in [9.17, 15) is 4.79 Å². The molecule has 130 valence electrons. The van der Waals surface area contributed by atoms with Gasteiger partial charge in [-0.1, -0.05) is 0 Å². The Labute approximate surface area is 151 Å². The molecular weight excluding hydrogens is 333 g/mol. The lowest BCUT2D eigenvalue weighted by molar-refractivity contribution is 0.0678. The van der Waals surface area contributed by atoms with E-state index in [4.69, 9.17) is 0 Å². The van der Waals surface area contributed by atoms with Crippen molar-refractivity contribution in [2.45, 2.75) is 19.3 Å². The number of carbonyl (C=O) groups is 1. The van der Waals surface area contributed by atoms with Crippen LogP contribution in [-0.2, 0) is 6.42 Å². The maximum absolute atomic E-state index is 12.6. The Hall–Kier alpha value is -0.970. The van der Waals surface area contributed by atoms with Gasteiger partial charge >= 0.3 is 0 Å². The molecule has 2 aliphatic heterocycles. The second kappa shape index (κ2) is 8.76. The molecule has 1 saturated heterocycles. The van der Waals surface area contributed by atoms with E-state index in [0.717, 1.165) is 56.9 Å². The molecule has 3 rings (SSSR count). The van der Waals surface area contributed by atoms with Crippen LogP contribution in [0.5, 0.6) is 0 Å². The normalized spacial score (nSPS) is 17.1. The minimum Gasteiger partial charge on any atom is -0.384 e. The molecule has 0 spiro atoms.